The van der Waals surface area contributed by atoms with Crippen LogP contribution in [-0.4, -0.2) is 11.9 Å². The average molecular weight is 351 g/mol. The first-order chi connectivity index (χ1) is 12.2. The number of hydrogen-bond donors (Lipinski definition) is 0. The molecular weight excluding hydrogens is 320 g/mol. The molecule has 4 fully saturated rings. The van der Waals surface area contributed by atoms with Crippen molar-refractivity contribution in [1.82, 2.24) is 0 Å². The van der Waals surface area contributed by atoms with E-state index >= 15 is 0 Å². The molecule has 0 spiro atoms. The molecule has 5 atom stereocenters. The third-order valence-corrected chi connectivity index (χ3v) is 7.88. The monoisotopic (exact) mass is 350 g/mol. The Bertz CT molecular complexity index is 867. The third-order valence-electron chi connectivity index (χ3n) is 7.88. The zero-order chi connectivity index (χ0) is 18.3. The molecule has 2 heteroatoms. The summed E-state index contributed by atoms with van der Waals surface area (Å²) in [6, 6.07) is 15.4. The van der Waals surface area contributed by atoms with Crippen LogP contribution in [0.25, 0.3) is 10.8 Å². The Labute approximate surface area is 156 Å². The molecule has 138 valence electrons. The zero-order valence-corrected chi connectivity index (χ0v) is 16.6. The van der Waals surface area contributed by atoms with Gasteiger partial charge in [0.1, 0.15) is 0 Å². The molecule has 2 aromatic carbocycles. The minimum absolute atomic E-state index is 0.0240. The number of benzene rings is 2. The molecule has 4 aliphatic rings. The van der Waals surface area contributed by atoms with Crippen molar-refractivity contribution in [2.75, 3.05) is 0 Å². The van der Waals surface area contributed by atoms with E-state index in [4.69, 9.17) is 9.47 Å². The van der Waals surface area contributed by atoms with E-state index in [0.717, 1.165) is 12.3 Å². The lowest BCUT2D eigenvalue weighted by molar-refractivity contribution is -0.395. The fourth-order valence-corrected chi connectivity index (χ4v) is 6.31. The van der Waals surface area contributed by atoms with Gasteiger partial charge < -0.3 is 9.47 Å². The van der Waals surface area contributed by atoms with Crippen molar-refractivity contribution in [3.05, 3.63) is 48.0 Å². The number of fused-ring (bicyclic) bond motifs is 1. The van der Waals surface area contributed by atoms with Gasteiger partial charge in [-0.3, -0.25) is 0 Å². The van der Waals surface area contributed by atoms with Gasteiger partial charge in [0.05, 0.1) is 12.2 Å². The Morgan fingerprint density at radius 1 is 0.846 bits per heavy atom. The Morgan fingerprint density at radius 2 is 1.58 bits per heavy atom. The molecule has 2 aromatic rings. The summed E-state index contributed by atoms with van der Waals surface area (Å²) in [6.07, 6.45) is 2.83. The van der Waals surface area contributed by atoms with E-state index in [1.807, 2.05) is 0 Å². The first kappa shape index (κ1) is 16.8. The maximum Gasteiger partial charge on any atom is 0.164 e. The molecule has 2 bridgehead atoms. The van der Waals surface area contributed by atoms with Crippen LogP contribution in [0, 0.1) is 22.7 Å². The van der Waals surface area contributed by atoms with Gasteiger partial charge in [-0.25, -0.2) is 0 Å². The molecule has 0 radical (unpaired) electrons. The standard InChI is InChI=1S/C24H30O2/c1-22(2)18-13-19(22)24(5)20(14-18)25-23(3,4)26-21(24)17-11-10-15-8-6-7-9-16(15)12-17/h6-12,18-21H,13-14H2,1-5H3/t18-,19-,20+,21-,24-/m0/s1. The van der Waals surface area contributed by atoms with Gasteiger partial charge in [-0.1, -0.05) is 57.2 Å². The Hall–Kier alpha value is -1.38. The largest absolute Gasteiger partial charge is 0.347 e. The summed E-state index contributed by atoms with van der Waals surface area (Å²) in [5.41, 5.74) is 1.71. The second-order valence-electron chi connectivity index (χ2n) is 10.0. The Morgan fingerprint density at radius 3 is 2.31 bits per heavy atom. The summed E-state index contributed by atoms with van der Waals surface area (Å²) >= 11 is 0. The predicted octanol–water partition coefficient (Wildman–Crippen LogP) is 6.10. The van der Waals surface area contributed by atoms with Gasteiger partial charge in [-0.05, 0) is 66.3 Å². The topological polar surface area (TPSA) is 18.5 Å². The van der Waals surface area contributed by atoms with E-state index in [1.54, 1.807) is 0 Å². The fourth-order valence-electron chi connectivity index (χ4n) is 6.31. The van der Waals surface area contributed by atoms with Crippen LogP contribution in [0.3, 0.4) is 0 Å². The summed E-state index contributed by atoms with van der Waals surface area (Å²) in [6.45, 7) is 11.5. The average Bonchev–Trinajstić information content (AvgIpc) is 2.60. The summed E-state index contributed by atoms with van der Waals surface area (Å²) < 4.78 is 13.1. The molecule has 0 amide bonds. The van der Waals surface area contributed by atoms with Crippen LogP contribution in [-0.2, 0) is 9.47 Å². The highest BCUT2D eigenvalue weighted by Crippen LogP contribution is 2.71. The van der Waals surface area contributed by atoms with Crippen molar-refractivity contribution in [1.29, 1.82) is 0 Å². The lowest BCUT2D eigenvalue weighted by Gasteiger charge is -2.70. The molecular formula is C24H30O2. The molecule has 26 heavy (non-hydrogen) atoms. The fraction of sp³-hybridized carbons (Fsp3) is 0.583. The smallest absolute Gasteiger partial charge is 0.164 e. The van der Waals surface area contributed by atoms with E-state index in [2.05, 4.69) is 77.1 Å². The zero-order valence-electron chi connectivity index (χ0n) is 16.6. The van der Waals surface area contributed by atoms with Gasteiger partial charge in [0, 0.05) is 5.41 Å². The molecule has 1 heterocycles. The van der Waals surface area contributed by atoms with Gasteiger partial charge in [-0.2, -0.15) is 0 Å². The molecule has 3 aliphatic carbocycles. The molecule has 0 N–H and O–H groups in total. The summed E-state index contributed by atoms with van der Waals surface area (Å²) in [4.78, 5) is 0. The van der Waals surface area contributed by atoms with E-state index in [9.17, 15) is 0 Å². The Kier molecular flexibility index (Phi) is 3.30. The molecule has 1 aliphatic heterocycles. The van der Waals surface area contributed by atoms with Crippen molar-refractivity contribution in [2.24, 2.45) is 22.7 Å². The van der Waals surface area contributed by atoms with Gasteiger partial charge in [0.25, 0.3) is 0 Å². The van der Waals surface area contributed by atoms with Crippen molar-refractivity contribution >= 4 is 10.8 Å². The highest BCUT2D eigenvalue weighted by atomic mass is 16.7. The molecule has 0 aromatic heterocycles. The summed E-state index contributed by atoms with van der Waals surface area (Å²) in [7, 11) is 0. The van der Waals surface area contributed by atoms with E-state index in [1.165, 1.54) is 22.8 Å². The highest BCUT2D eigenvalue weighted by Gasteiger charge is 2.68. The molecule has 6 rings (SSSR count). The lowest BCUT2D eigenvalue weighted by Crippen LogP contribution is -2.68. The van der Waals surface area contributed by atoms with Crippen LogP contribution >= 0.6 is 0 Å². The van der Waals surface area contributed by atoms with Gasteiger partial charge in [-0.15, -0.1) is 0 Å². The highest BCUT2D eigenvalue weighted by molar-refractivity contribution is 5.83. The second kappa shape index (κ2) is 5.11. The van der Waals surface area contributed by atoms with Crippen molar-refractivity contribution in [3.8, 4) is 0 Å². The van der Waals surface area contributed by atoms with Crippen molar-refractivity contribution in [2.45, 2.75) is 65.5 Å². The second-order valence-corrected chi connectivity index (χ2v) is 10.0. The van der Waals surface area contributed by atoms with Crippen molar-refractivity contribution < 1.29 is 9.47 Å². The molecule has 1 saturated heterocycles. The maximum absolute atomic E-state index is 6.65. The van der Waals surface area contributed by atoms with Crippen LogP contribution in [0.2, 0.25) is 0 Å². The minimum Gasteiger partial charge on any atom is -0.347 e. The first-order valence-corrected chi connectivity index (χ1v) is 10.1. The normalized spacial score (nSPS) is 39.9. The van der Waals surface area contributed by atoms with E-state index in [0.29, 0.717) is 11.3 Å². The summed E-state index contributed by atoms with van der Waals surface area (Å²) in [5, 5.41) is 2.58. The van der Waals surface area contributed by atoms with Crippen LogP contribution in [0.1, 0.15) is 59.1 Å². The SMILES string of the molecule is CC1(C)O[C@@H]2C[C@@H]3C[C@@H](C3(C)C)[C@]2(C)[C@H](c2ccc3ccccc3c2)O1. The van der Waals surface area contributed by atoms with Crippen LogP contribution < -0.4 is 0 Å². The van der Waals surface area contributed by atoms with Gasteiger partial charge in [0.15, 0.2) is 5.79 Å². The summed E-state index contributed by atoms with van der Waals surface area (Å²) in [5.74, 6) is 0.900. The van der Waals surface area contributed by atoms with Crippen LogP contribution in [0.15, 0.2) is 42.5 Å². The van der Waals surface area contributed by atoms with E-state index < -0.39 is 5.79 Å². The molecule has 2 nitrogen and oxygen atoms in total. The maximum atomic E-state index is 6.65. The van der Waals surface area contributed by atoms with Crippen molar-refractivity contribution in [3.63, 3.8) is 0 Å². The first-order valence-electron chi connectivity index (χ1n) is 10.1. The number of ether oxygens (including phenoxy) is 2. The number of rotatable bonds is 1. The van der Waals surface area contributed by atoms with Crippen LogP contribution in [0.4, 0.5) is 0 Å². The minimum atomic E-state index is -0.533. The van der Waals surface area contributed by atoms with Crippen LogP contribution in [0.5, 0.6) is 0 Å². The third kappa shape index (κ3) is 2.12. The van der Waals surface area contributed by atoms with Gasteiger partial charge >= 0.3 is 0 Å². The lowest BCUT2D eigenvalue weighted by atomic mass is 9.38. The molecule has 3 saturated carbocycles. The quantitative estimate of drug-likeness (QED) is 0.618. The van der Waals surface area contributed by atoms with Gasteiger partial charge in [0.2, 0.25) is 0 Å². The van der Waals surface area contributed by atoms with E-state index in [-0.39, 0.29) is 17.6 Å². The Balaban J connectivity index is 1.64. The predicted molar refractivity (Wildman–Crippen MR) is 105 cm³/mol. The number of hydrogen-bond acceptors (Lipinski definition) is 2. The molecule has 0 unspecified atom stereocenters.